The maximum atomic E-state index is 3.62. The predicted octanol–water partition coefficient (Wildman–Crippen LogP) is 4.33. The molecule has 1 aliphatic rings. The smallest absolute Gasteiger partial charge is 0.0377 e. The SMILES string of the molecule is BrCc1ccc(N2CCCCC2)cc1Br. The van der Waals surface area contributed by atoms with Gasteiger partial charge in [0.15, 0.2) is 0 Å². The Hall–Kier alpha value is -0.0200. The molecule has 1 nitrogen and oxygen atoms in total. The van der Waals surface area contributed by atoms with Gasteiger partial charge in [-0.2, -0.15) is 0 Å². The number of anilines is 1. The van der Waals surface area contributed by atoms with Crippen LogP contribution in [0.4, 0.5) is 5.69 Å². The van der Waals surface area contributed by atoms with Crippen LogP contribution in [0.2, 0.25) is 0 Å². The molecule has 3 heteroatoms. The van der Waals surface area contributed by atoms with Crippen molar-refractivity contribution in [2.24, 2.45) is 0 Å². The van der Waals surface area contributed by atoms with Gasteiger partial charge in [0.1, 0.15) is 0 Å². The van der Waals surface area contributed by atoms with Crippen molar-refractivity contribution in [3.05, 3.63) is 28.2 Å². The van der Waals surface area contributed by atoms with E-state index in [2.05, 4.69) is 55.0 Å². The Morgan fingerprint density at radius 1 is 1.13 bits per heavy atom. The summed E-state index contributed by atoms with van der Waals surface area (Å²) in [7, 11) is 0. The highest BCUT2D eigenvalue weighted by Crippen LogP contribution is 2.27. The number of benzene rings is 1. The van der Waals surface area contributed by atoms with E-state index in [9.17, 15) is 0 Å². The van der Waals surface area contributed by atoms with E-state index >= 15 is 0 Å². The van der Waals surface area contributed by atoms with Crippen molar-refractivity contribution in [3.8, 4) is 0 Å². The van der Waals surface area contributed by atoms with E-state index < -0.39 is 0 Å². The lowest BCUT2D eigenvalue weighted by Crippen LogP contribution is -2.29. The first-order valence-corrected chi connectivity index (χ1v) is 7.32. The Morgan fingerprint density at radius 2 is 1.87 bits per heavy atom. The van der Waals surface area contributed by atoms with E-state index in [0.29, 0.717) is 0 Å². The van der Waals surface area contributed by atoms with Gasteiger partial charge >= 0.3 is 0 Å². The van der Waals surface area contributed by atoms with Gasteiger partial charge in [0, 0.05) is 28.6 Å². The maximum Gasteiger partial charge on any atom is 0.0377 e. The Kier molecular flexibility index (Phi) is 4.09. The van der Waals surface area contributed by atoms with Crippen LogP contribution in [0.25, 0.3) is 0 Å². The molecule has 0 spiro atoms. The number of piperidine rings is 1. The molecular formula is C12H15Br2N. The summed E-state index contributed by atoms with van der Waals surface area (Å²) in [6.45, 7) is 2.42. The number of rotatable bonds is 2. The van der Waals surface area contributed by atoms with Crippen molar-refractivity contribution in [2.75, 3.05) is 18.0 Å². The number of hydrogen-bond acceptors (Lipinski definition) is 1. The number of nitrogens with zero attached hydrogens (tertiary/aromatic N) is 1. The van der Waals surface area contributed by atoms with Crippen molar-refractivity contribution in [2.45, 2.75) is 24.6 Å². The van der Waals surface area contributed by atoms with Gasteiger partial charge in [0.2, 0.25) is 0 Å². The van der Waals surface area contributed by atoms with Crippen LogP contribution in [0.15, 0.2) is 22.7 Å². The van der Waals surface area contributed by atoms with Crippen LogP contribution in [0.1, 0.15) is 24.8 Å². The lowest BCUT2D eigenvalue weighted by atomic mass is 10.1. The topological polar surface area (TPSA) is 3.24 Å². The number of hydrogen-bond donors (Lipinski definition) is 0. The van der Waals surface area contributed by atoms with Gasteiger partial charge in [0.05, 0.1) is 0 Å². The molecule has 1 heterocycles. The van der Waals surface area contributed by atoms with Crippen LogP contribution < -0.4 is 4.90 Å². The average Bonchev–Trinajstić information content (AvgIpc) is 2.30. The molecule has 82 valence electrons. The van der Waals surface area contributed by atoms with Crippen LogP contribution in [0.3, 0.4) is 0 Å². The van der Waals surface area contributed by atoms with E-state index in [1.165, 1.54) is 48.1 Å². The molecule has 1 fully saturated rings. The van der Waals surface area contributed by atoms with Crippen molar-refractivity contribution in [1.82, 2.24) is 0 Å². The molecule has 1 aromatic carbocycles. The summed E-state index contributed by atoms with van der Waals surface area (Å²) in [6, 6.07) is 6.66. The maximum absolute atomic E-state index is 3.62. The molecule has 0 N–H and O–H groups in total. The minimum atomic E-state index is 0.911. The third-order valence-electron chi connectivity index (χ3n) is 2.90. The molecule has 0 bridgehead atoms. The van der Waals surface area contributed by atoms with Crippen molar-refractivity contribution < 1.29 is 0 Å². The first-order chi connectivity index (χ1) is 7.31. The zero-order valence-electron chi connectivity index (χ0n) is 8.68. The molecule has 0 aromatic heterocycles. The van der Waals surface area contributed by atoms with Gasteiger partial charge in [-0.1, -0.05) is 37.9 Å². The highest BCUT2D eigenvalue weighted by Gasteiger charge is 2.11. The van der Waals surface area contributed by atoms with Crippen molar-refractivity contribution >= 4 is 37.5 Å². The molecule has 0 radical (unpaired) electrons. The largest absolute Gasteiger partial charge is 0.372 e. The summed E-state index contributed by atoms with van der Waals surface area (Å²) in [5.41, 5.74) is 2.67. The summed E-state index contributed by atoms with van der Waals surface area (Å²) >= 11 is 7.10. The lowest BCUT2D eigenvalue weighted by molar-refractivity contribution is 0.578. The molecule has 1 saturated heterocycles. The molecule has 1 aromatic rings. The standard InChI is InChI=1S/C12H15Br2N/c13-9-10-4-5-11(8-12(10)14)15-6-2-1-3-7-15/h4-5,8H,1-3,6-7,9H2. The number of alkyl halides is 1. The van der Waals surface area contributed by atoms with Crippen molar-refractivity contribution in [3.63, 3.8) is 0 Å². The van der Waals surface area contributed by atoms with Crippen LogP contribution in [0.5, 0.6) is 0 Å². The fourth-order valence-electron chi connectivity index (χ4n) is 1.99. The second kappa shape index (κ2) is 5.35. The third kappa shape index (κ3) is 2.76. The Morgan fingerprint density at radius 3 is 2.47 bits per heavy atom. The Bertz CT molecular complexity index is 332. The highest BCUT2D eigenvalue weighted by atomic mass is 79.9. The second-order valence-electron chi connectivity index (χ2n) is 3.96. The van der Waals surface area contributed by atoms with Gasteiger partial charge in [0.25, 0.3) is 0 Å². The predicted molar refractivity (Wildman–Crippen MR) is 72.8 cm³/mol. The normalized spacial score (nSPS) is 16.8. The molecule has 0 saturated carbocycles. The molecular weight excluding hydrogens is 318 g/mol. The molecule has 0 unspecified atom stereocenters. The van der Waals surface area contributed by atoms with Crippen LogP contribution in [0, 0.1) is 0 Å². The van der Waals surface area contributed by atoms with E-state index in [1.54, 1.807) is 0 Å². The fraction of sp³-hybridized carbons (Fsp3) is 0.500. The molecule has 15 heavy (non-hydrogen) atoms. The minimum Gasteiger partial charge on any atom is -0.372 e. The zero-order chi connectivity index (χ0) is 10.7. The summed E-state index contributed by atoms with van der Waals surface area (Å²) in [4.78, 5) is 2.48. The monoisotopic (exact) mass is 331 g/mol. The zero-order valence-corrected chi connectivity index (χ0v) is 11.8. The van der Waals surface area contributed by atoms with Gasteiger partial charge in [-0.05, 0) is 37.0 Å². The fourth-order valence-corrected chi connectivity index (χ4v) is 3.37. The van der Waals surface area contributed by atoms with Gasteiger partial charge in [-0.3, -0.25) is 0 Å². The van der Waals surface area contributed by atoms with Crippen LogP contribution in [-0.2, 0) is 5.33 Å². The van der Waals surface area contributed by atoms with E-state index in [-0.39, 0.29) is 0 Å². The Balaban J connectivity index is 2.17. The minimum absolute atomic E-state index is 0.911. The highest BCUT2D eigenvalue weighted by molar-refractivity contribution is 9.10. The first-order valence-electron chi connectivity index (χ1n) is 5.40. The third-order valence-corrected chi connectivity index (χ3v) is 4.24. The molecule has 0 atom stereocenters. The van der Waals surface area contributed by atoms with Crippen LogP contribution in [-0.4, -0.2) is 13.1 Å². The molecule has 1 aliphatic heterocycles. The summed E-state index contributed by atoms with van der Waals surface area (Å²) in [6.07, 6.45) is 4.05. The van der Waals surface area contributed by atoms with Gasteiger partial charge < -0.3 is 4.90 Å². The molecule has 0 aliphatic carbocycles. The number of halogens is 2. The summed E-state index contributed by atoms with van der Waals surface area (Å²) < 4.78 is 1.21. The van der Waals surface area contributed by atoms with E-state index in [0.717, 1.165) is 5.33 Å². The Labute approximate surface area is 108 Å². The lowest BCUT2D eigenvalue weighted by Gasteiger charge is -2.29. The molecule has 2 rings (SSSR count). The van der Waals surface area contributed by atoms with E-state index in [4.69, 9.17) is 0 Å². The van der Waals surface area contributed by atoms with Crippen molar-refractivity contribution in [1.29, 1.82) is 0 Å². The van der Waals surface area contributed by atoms with Gasteiger partial charge in [-0.25, -0.2) is 0 Å². The van der Waals surface area contributed by atoms with Crippen LogP contribution >= 0.6 is 31.9 Å². The molecule has 0 amide bonds. The summed E-state index contributed by atoms with van der Waals surface area (Å²) in [5, 5.41) is 0.911. The second-order valence-corrected chi connectivity index (χ2v) is 5.37. The summed E-state index contributed by atoms with van der Waals surface area (Å²) in [5.74, 6) is 0. The average molecular weight is 333 g/mol. The van der Waals surface area contributed by atoms with Gasteiger partial charge in [-0.15, -0.1) is 0 Å². The first kappa shape index (κ1) is 11.5. The van der Waals surface area contributed by atoms with E-state index in [1.807, 2.05) is 0 Å². The quantitative estimate of drug-likeness (QED) is 0.728.